The topological polar surface area (TPSA) is 64.3 Å². The Hall–Kier alpha value is -3.94. The highest BCUT2D eigenvalue weighted by atomic mass is 35.5. The van der Waals surface area contributed by atoms with Gasteiger partial charge < -0.3 is 4.74 Å². The number of hydrogen-bond donors (Lipinski definition) is 1. The van der Waals surface area contributed by atoms with Crippen LogP contribution in [0.4, 0.5) is 5.13 Å². The molecule has 1 N–H and O–H groups in total. The summed E-state index contributed by atoms with van der Waals surface area (Å²) in [7, 11) is 1.65. The van der Waals surface area contributed by atoms with Gasteiger partial charge in [0.15, 0.2) is 0 Å². The molecule has 2 aromatic heterocycles. The average Bonchev–Trinajstić information content (AvgIpc) is 3.53. The molecule has 0 radical (unpaired) electrons. The van der Waals surface area contributed by atoms with Gasteiger partial charge >= 0.3 is 0 Å². The highest BCUT2D eigenvalue weighted by Crippen LogP contribution is 2.27. The first-order valence-electron chi connectivity index (χ1n) is 10.5. The second-order valence-corrected chi connectivity index (χ2v) is 8.65. The lowest BCUT2D eigenvalue weighted by atomic mass is 10.1. The number of nitrogens with zero attached hydrogens (tertiary/aromatic N) is 4. The number of benzene rings is 3. The van der Waals surface area contributed by atoms with Crippen LogP contribution in [-0.4, -0.2) is 28.1 Å². The predicted octanol–water partition coefficient (Wildman–Crippen LogP) is 6.77. The zero-order valence-electron chi connectivity index (χ0n) is 18.2. The third-order valence-electron chi connectivity index (χ3n) is 5.13. The van der Waals surface area contributed by atoms with E-state index in [1.54, 1.807) is 13.3 Å². The maximum atomic E-state index is 5.98. The van der Waals surface area contributed by atoms with Crippen LogP contribution in [0.15, 0.2) is 95.5 Å². The number of nitrogens with one attached hydrogen (secondary N) is 1. The third kappa shape index (κ3) is 4.85. The minimum Gasteiger partial charge on any atom is -0.497 e. The van der Waals surface area contributed by atoms with E-state index in [0.29, 0.717) is 10.2 Å². The van der Waals surface area contributed by atoms with Gasteiger partial charge in [0.25, 0.3) is 0 Å². The SMILES string of the molecule is COc1ccc(-c2nn(-c3ccccc3)cc2/C=N\Nc2nc(-c3ccc(Cl)cc3)cs2)cc1. The Balaban J connectivity index is 1.41. The number of ether oxygens (including phenoxy) is 1. The van der Waals surface area contributed by atoms with Crippen LogP contribution in [0, 0.1) is 0 Å². The Bertz CT molecular complexity index is 1410. The lowest BCUT2D eigenvalue weighted by Crippen LogP contribution is -1.94. The molecule has 8 heteroatoms. The molecule has 168 valence electrons. The molecule has 3 aromatic carbocycles. The van der Waals surface area contributed by atoms with Crippen molar-refractivity contribution >= 4 is 34.3 Å². The van der Waals surface area contributed by atoms with Gasteiger partial charge in [-0.05, 0) is 48.5 Å². The van der Waals surface area contributed by atoms with Crippen molar-refractivity contribution in [2.75, 3.05) is 12.5 Å². The highest BCUT2D eigenvalue weighted by molar-refractivity contribution is 7.14. The van der Waals surface area contributed by atoms with Gasteiger partial charge in [-0.15, -0.1) is 11.3 Å². The number of para-hydroxylation sites is 1. The van der Waals surface area contributed by atoms with Gasteiger partial charge in [-0.3, -0.25) is 5.43 Å². The monoisotopic (exact) mass is 485 g/mol. The Labute approximate surface area is 206 Å². The lowest BCUT2D eigenvalue weighted by molar-refractivity contribution is 0.415. The van der Waals surface area contributed by atoms with Crippen LogP contribution in [-0.2, 0) is 0 Å². The van der Waals surface area contributed by atoms with Gasteiger partial charge in [0.1, 0.15) is 11.4 Å². The molecule has 0 unspecified atom stereocenters. The molecular formula is C26H20ClN5OS. The van der Waals surface area contributed by atoms with Crippen LogP contribution in [0.1, 0.15) is 5.56 Å². The number of rotatable bonds is 7. The molecule has 0 atom stereocenters. The zero-order valence-corrected chi connectivity index (χ0v) is 19.8. The zero-order chi connectivity index (χ0) is 23.3. The third-order valence-corrected chi connectivity index (χ3v) is 6.13. The van der Waals surface area contributed by atoms with E-state index in [9.17, 15) is 0 Å². The number of halogens is 1. The van der Waals surface area contributed by atoms with Crippen LogP contribution in [0.5, 0.6) is 5.75 Å². The summed E-state index contributed by atoms with van der Waals surface area (Å²) < 4.78 is 7.14. The molecule has 0 aliphatic rings. The first kappa shape index (κ1) is 21.9. The van der Waals surface area contributed by atoms with Gasteiger partial charge in [0.05, 0.1) is 24.7 Å². The average molecular weight is 486 g/mol. The summed E-state index contributed by atoms with van der Waals surface area (Å²) in [5.74, 6) is 0.795. The van der Waals surface area contributed by atoms with E-state index < -0.39 is 0 Å². The predicted molar refractivity (Wildman–Crippen MR) is 139 cm³/mol. The Kier molecular flexibility index (Phi) is 6.38. The molecule has 0 fully saturated rings. The van der Waals surface area contributed by atoms with Crippen molar-refractivity contribution in [3.63, 3.8) is 0 Å². The first-order valence-corrected chi connectivity index (χ1v) is 11.8. The van der Waals surface area contributed by atoms with Crippen molar-refractivity contribution in [3.8, 4) is 34.0 Å². The second-order valence-electron chi connectivity index (χ2n) is 7.36. The number of methoxy groups -OCH3 is 1. The van der Waals surface area contributed by atoms with E-state index in [1.807, 2.05) is 95.1 Å². The minimum atomic E-state index is 0.697. The van der Waals surface area contributed by atoms with Crippen molar-refractivity contribution in [1.29, 1.82) is 0 Å². The van der Waals surface area contributed by atoms with Crippen LogP contribution in [0.3, 0.4) is 0 Å². The summed E-state index contributed by atoms with van der Waals surface area (Å²) >= 11 is 7.47. The van der Waals surface area contributed by atoms with Gasteiger partial charge in [-0.2, -0.15) is 10.2 Å². The van der Waals surface area contributed by atoms with Crippen LogP contribution in [0.25, 0.3) is 28.2 Å². The molecule has 0 spiro atoms. The van der Waals surface area contributed by atoms with Crippen LogP contribution < -0.4 is 10.2 Å². The van der Waals surface area contributed by atoms with Crippen molar-refractivity contribution in [3.05, 3.63) is 101 Å². The fraction of sp³-hybridized carbons (Fsp3) is 0.0385. The molecular weight excluding hydrogens is 466 g/mol. The van der Waals surface area contributed by atoms with Crippen LogP contribution >= 0.6 is 22.9 Å². The lowest BCUT2D eigenvalue weighted by Gasteiger charge is -2.02. The van der Waals surface area contributed by atoms with Gasteiger partial charge in [0.2, 0.25) is 5.13 Å². The number of thiazole rings is 1. The fourth-order valence-electron chi connectivity index (χ4n) is 3.40. The number of hydrazone groups is 1. The maximum Gasteiger partial charge on any atom is 0.203 e. The Morgan fingerprint density at radius 3 is 2.44 bits per heavy atom. The molecule has 0 bridgehead atoms. The van der Waals surface area contributed by atoms with E-state index >= 15 is 0 Å². The fourth-order valence-corrected chi connectivity index (χ4v) is 4.20. The normalized spacial score (nSPS) is 11.1. The molecule has 0 saturated heterocycles. The second kappa shape index (κ2) is 9.91. The minimum absolute atomic E-state index is 0.697. The van der Waals surface area contributed by atoms with Gasteiger partial charge in [-0.25, -0.2) is 9.67 Å². The van der Waals surface area contributed by atoms with Gasteiger partial charge in [-0.1, -0.05) is 41.9 Å². The highest BCUT2D eigenvalue weighted by Gasteiger charge is 2.12. The number of aromatic nitrogens is 3. The van der Waals surface area contributed by atoms with E-state index in [0.717, 1.165) is 39.5 Å². The summed E-state index contributed by atoms with van der Waals surface area (Å²) in [6.45, 7) is 0. The summed E-state index contributed by atoms with van der Waals surface area (Å²) in [6.07, 6.45) is 3.72. The first-order chi connectivity index (χ1) is 16.7. The molecule has 5 aromatic rings. The van der Waals surface area contributed by atoms with Gasteiger partial charge in [0, 0.05) is 33.3 Å². The summed E-state index contributed by atoms with van der Waals surface area (Å²) in [5, 5.41) is 12.6. The standard InChI is InChI=1S/C26H20ClN5OS/c1-33-23-13-9-19(10-14-23)25-20(16-32(31-25)22-5-3-2-4-6-22)15-28-30-26-29-24(17-34-26)18-7-11-21(27)12-8-18/h2-17H,1H3,(H,29,30)/b28-15-. The molecule has 6 nitrogen and oxygen atoms in total. The van der Waals surface area contributed by atoms with E-state index in [4.69, 9.17) is 21.4 Å². The largest absolute Gasteiger partial charge is 0.497 e. The quantitative estimate of drug-likeness (QED) is 0.204. The smallest absolute Gasteiger partial charge is 0.203 e. The number of anilines is 1. The molecule has 0 saturated carbocycles. The number of hydrogen-bond acceptors (Lipinski definition) is 6. The van der Waals surface area contributed by atoms with Crippen molar-refractivity contribution < 1.29 is 4.74 Å². The van der Waals surface area contributed by atoms with Crippen LogP contribution in [0.2, 0.25) is 5.02 Å². The summed E-state index contributed by atoms with van der Waals surface area (Å²) in [6, 6.07) is 25.4. The van der Waals surface area contributed by atoms with Crippen molar-refractivity contribution in [2.24, 2.45) is 5.10 Å². The molecule has 34 heavy (non-hydrogen) atoms. The van der Waals surface area contributed by atoms with Crippen molar-refractivity contribution in [2.45, 2.75) is 0 Å². The molecule has 2 heterocycles. The molecule has 0 aliphatic heterocycles. The summed E-state index contributed by atoms with van der Waals surface area (Å²) in [5.41, 5.74) is 8.54. The molecule has 0 amide bonds. The summed E-state index contributed by atoms with van der Waals surface area (Å²) in [4.78, 5) is 4.61. The maximum absolute atomic E-state index is 5.98. The van der Waals surface area contributed by atoms with E-state index in [2.05, 4.69) is 15.5 Å². The Morgan fingerprint density at radius 2 is 1.71 bits per heavy atom. The Morgan fingerprint density at radius 1 is 0.971 bits per heavy atom. The van der Waals surface area contributed by atoms with Crippen molar-refractivity contribution in [1.82, 2.24) is 14.8 Å². The van der Waals surface area contributed by atoms with E-state index in [-0.39, 0.29) is 0 Å². The molecule has 0 aliphatic carbocycles. The van der Waals surface area contributed by atoms with E-state index in [1.165, 1.54) is 11.3 Å². The molecule has 5 rings (SSSR count).